The normalized spacial score (nSPS) is 15.7. The molecule has 0 spiro atoms. The van der Waals surface area contributed by atoms with Crippen LogP contribution in [0.1, 0.15) is 17.5 Å². The number of aryl methyl sites for hydroxylation is 1. The Labute approximate surface area is 203 Å². The van der Waals surface area contributed by atoms with Gasteiger partial charge in [0, 0.05) is 17.7 Å². The number of para-hydroxylation sites is 2. The average molecular weight is 474 g/mol. The van der Waals surface area contributed by atoms with Crippen LogP contribution >= 0.6 is 0 Å². The van der Waals surface area contributed by atoms with Crippen LogP contribution in [-0.2, 0) is 22.4 Å². The van der Waals surface area contributed by atoms with E-state index in [9.17, 15) is 19.5 Å². The van der Waals surface area contributed by atoms with E-state index in [1.165, 1.54) is 0 Å². The number of carboxylic acid groups (broad SMARTS) is 1. The number of amides is 3. The molecule has 3 amide bonds. The fraction of sp³-hybridized carbons (Fsp3) is 0.222. The molecule has 0 aromatic heterocycles. The molecular weight excluding hydrogens is 446 g/mol. The molecular formula is C27H27N3O5. The Morgan fingerprint density at radius 2 is 1.77 bits per heavy atom. The molecule has 180 valence electrons. The summed E-state index contributed by atoms with van der Waals surface area (Å²) in [6, 6.07) is 19.9. The fourth-order valence-electron chi connectivity index (χ4n) is 4.15. The zero-order valence-electron chi connectivity index (χ0n) is 19.3. The zero-order valence-corrected chi connectivity index (χ0v) is 19.3. The van der Waals surface area contributed by atoms with Crippen molar-refractivity contribution in [3.8, 4) is 16.9 Å². The van der Waals surface area contributed by atoms with E-state index in [2.05, 4.69) is 16.0 Å². The molecule has 1 unspecified atom stereocenters. The molecule has 2 atom stereocenters. The van der Waals surface area contributed by atoms with E-state index in [0.717, 1.165) is 33.7 Å². The SMILES string of the molecule is COc1ccccc1-c1ccc(C[C@H](NC(=O)NC2CCc3ccccc3NC2=O)C(=O)O)cc1. The van der Waals surface area contributed by atoms with Crippen molar-refractivity contribution in [3.63, 3.8) is 0 Å². The highest BCUT2D eigenvalue weighted by molar-refractivity contribution is 5.98. The van der Waals surface area contributed by atoms with Gasteiger partial charge in [0.05, 0.1) is 7.11 Å². The van der Waals surface area contributed by atoms with Crippen LogP contribution in [0.4, 0.5) is 10.5 Å². The van der Waals surface area contributed by atoms with Crippen LogP contribution in [0, 0.1) is 0 Å². The molecule has 35 heavy (non-hydrogen) atoms. The lowest BCUT2D eigenvalue weighted by Gasteiger charge is -2.19. The van der Waals surface area contributed by atoms with Crippen molar-refractivity contribution in [2.75, 3.05) is 12.4 Å². The molecule has 4 N–H and O–H groups in total. The van der Waals surface area contributed by atoms with Crippen molar-refractivity contribution in [3.05, 3.63) is 83.9 Å². The number of benzene rings is 3. The number of hydrogen-bond acceptors (Lipinski definition) is 4. The Morgan fingerprint density at radius 3 is 2.51 bits per heavy atom. The van der Waals surface area contributed by atoms with Crippen molar-refractivity contribution in [2.45, 2.75) is 31.3 Å². The van der Waals surface area contributed by atoms with Crippen LogP contribution < -0.4 is 20.7 Å². The second kappa shape index (κ2) is 10.7. The molecule has 3 aromatic rings. The lowest BCUT2D eigenvalue weighted by atomic mass is 10.00. The number of nitrogens with one attached hydrogen (secondary N) is 3. The van der Waals surface area contributed by atoms with Crippen LogP contribution in [0.25, 0.3) is 11.1 Å². The standard InChI is InChI=1S/C27H27N3O5/c1-35-24-9-5-3-7-20(24)18-12-10-17(11-13-18)16-23(26(32)33)30-27(34)29-22-15-14-19-6-2-4-8-21(19)28-25(22)31/h2-13,22-23H,14-16H2,1H3,(H,28,31)(H,32,33)(H2,29,30,34)/t22?,23-/m0/s1. The number of ether oxygens (including phenoxy) is 1. The van der Waals surface area contributed by atoms with Crippen LogP contribution in [0.5, 0.6) is 5.75 Å². The minimum absolute atomic E-state index is 0.0945. The molecule has 0 fully saturated rings. The second-order valence-corrected chi connectivity index (χ2v) is 8.35. The first-order chi connectivity index (χ1) is 16.9. The van der Waals surface area contributed by atoms with Crippen LogP contribution in [0.2, 0.25) is 0 Å². The predicted octanol–water partition coefficient (Wildman–Crippen LogP) is 3.61. The van der Waals surface area contributed by atoms with Gasteiger partial charge in [-0.2, -0.15) is 0 Å². The van der Waals surface area contributed by atoms with E-state index in [0.29, 0.717) is 12.8 Å². The summed E-state index contributed by atoms with van der Waals surface area (Å²) in [6.07, 6.45) is 1.12. The molecule has 1 heterocycles. The third kappa shape index (κ3) is 5.78. The van der Waals surface area contributed by atoms with Gasteiger partial charge in [-0.15, -0.1) is 0 Å². The van der Waals surface area contributed by atoms with Gasteiger partial charge in [0.25, 0.3) is 0 Å². The first-order valence-corrected chi connectivity index (χ1v) is 11.4. The maximum Gasteiger partial charge on any atom is 0.326 e. The minimum Gasteiger partial charge on any atom is -0.496 e. The highest BCUT2D eigenvalue weighted by Gasteiger charge is 2.27. The first-order valence-electron chi connectivity index (χ1n) is 11.4. The molecule has 8 heteroatoms. The molecule has 0 aliphatic carbocycles. The summed E-state index contributed by atoms with van der Waals surface area (Å²) in [5.41, 5.74) is 4.33. The maximum atomic E-state index is 12.6. The summed E-state index contributed by atoms with van der Waals surface area (Å²) in [5.74, 6) is -0.747. The molecule has 0 bridgehead atoms. The van der Waals surface area contributed by atoms with E-state index in [4.69, 9.17) is 4.74 Å². The third-order valence-electron chi connectivity index (χ3n) is 6.01. The van der Waals surface area contributed by atoms with E-state index in [-0.39, 0.29) is 12.3 Å². The number of methoxy groups -OCH3 is 1. The van der Waals surface area contributed by atoms with Gasteiger partial charge >= 0.3 is 12.0 Å². The summed E-state index contributed by atoms with van der Waals surface area (Å²) in [5, 5.41) is 17.6. The Kier molecular flexibility index (Phi) is 7.30. The van der Waals surface area contributed by atoms with Crippen LogP contribution in [0.3, 0.4) is 0 Å². The van der Waals surface area contributed by atoms with Crippen LogP contribution in [-0.4, -0.2) is 42.2 Å². The predicted molar refractivity (Wildman–Crippen MR) is 132 cm³/mol. The number of carboxylic acids is 1. The molecule has 4 rings (SSSR count). The van der Waals surface area contributed by atoms with Gasteiger partial charge < -0.3 is 25.8 Å². The van der Waals surface area contributed by atoms with E-state index >= 15 is 0 Å². The number of anilines is 1. The molecule has 0 saturated heterocycles. The number of rotatable bonds is 7. The highest BCUT2D eigenvalue weighted by atomic mass is 16.5. The summed E-state index contributed by atoms with van der Waals surface area (Å²) < 4.78 is 5.41. The van der Waals surface area contributed by atoms with Crippen LogP contribution in [0.15, 0.2) is 72.8 Å². The fourth-order valence-corrected chi connectivity index (χ4v) is 4.15. The lowest BCUT2D eigenvalue weighted by Crippen LogP contribution is -2.52. The van der Waals surface area contributed by atoms with Crippen molar-refractivity contribution in [1.82, 2.24) is 10.6 Å². The minimum atomic E-state index is -1.16. The Hall–Kier alpha value is -4.33. The topological polar surface area (TPSA) is 117 Å². The van der Waals surface area contributed by atoms with Crippen molar-refractivity contribution < 1.29 is 24.2 Å². The molecule has 0 radical (unpaired) electrons. The van der Waals surface area contributed by atoms with E-state index < -0.39 is 24.1 Å². The lowest BCUT2D eigenvalue weighted by molar-refractivity contribution is -0.139. The van der Waals surface area contributed by atoms with Gasteiger partial charge in [-0.25, -0.2) is 9.59 Å². The van der Waals surface area contributed by atoms with Gasteiger partial charge in [-0.3, -0.25) is 4.79 Å². The molecule has 8 nitrogen and oxygen atoms in total. The number of carbonyl (C=O) groups excluding carboxylic acids is 2. The number of fused-ring (bicyclic) bond motifs is 1. The molecule has 3 aromatic carbocycles. The van der Waals surface area contributed by atoms with Gasteiger partial charge in [0.1, 0.15) is 17.8 Å². The smallest absolute Gasteiger partial charge is 0.326 e. The summed E-state index contributed by atoms with van der Waals surface area (Å²) in [4.78, 5) is 36.9. The Morgan fingerprint density at radius 1 is 1.06 bits per heavy atom. The number of carbonyl (C=O) groups is 3. The van der Waals surface area contributed by atoms with Gasteiger partial charge in [0.15, 0.2) is 0 Å². The quantitative estimate of drug-likeness (QED) is 0.418. The third-order valence-corrected chi connectivity index (χ3v) is 6.01. The monoisotopic (exact) mass is 473 g/mol. The summed E-state index contributed by atoms with van der Waals surface area (Å²) in [7, 11) is 1.61. The van der Waals surface area contributed by atoms with Crippen molar-refractivity contribution in [1.29, 1.82) is 0 Å². The van der Waals surface area contributed by atoms with Gasteiger partial charge in [0.2, 0.25) is 5.91 Å². The molecule has 0 saturated carbocycles. The van der Waals surface area contributed by atoms with Gasteiger partial charge in [-0.1, -0.05) is 60.7 Å². The number of hydrogen-bond donors (Lipinski definition) is 4. The highest BCUT2D eigenvalue weighted by Crippen LogP contribution is 2.29. The summed E-state index contributed by atoms with van der Waals surface area (Å²) in [6.45, 7) is 0. The van der Waals surface area contributed by atoms with Crippen molar-refractivity contribution in [2.24, 2.45) is 0 Å². The van der Waals surface area contributed by atoms with E-state index in [1.807, 2.05) is 72.8 Å². The number of urea groups is 1. The largest absolute Gasteiger partial charge is 0.496 e. The Bertz CT molecular complexity index is 1230. The molecule has 1 aliphatic rings. The summed E-state index contributed by atoms with van der Waals surface area (Å²) >= 11 is 0. The second-order valence-electron chi connectivity index (χ2n) is 8.35. The first kappa shape index (κ1) is 23.8. The zero-order chi connectivity index (χ0) is 24.8. The van der Waals surface area contributed by atoms with E-state index in [1.54, 1.807) is 7.11 Å². The van der Waals surface area contributed by atoms with Gasteiger partial charge in [-0.05, 0) is 41.7 Å². The Balaban J connectivity index is 1.38. The van der Waals surface area contributed by atoms with Crippen molar-refractivity contribution >= 4 is 23.6 Å². The number of aliphatic carboxylic acids is 1. The molecule has 1 aliphatic heterocycles. The maximum absolute atomic E-state index is 12.6. The average Bonchev–Trinajstić information content (AvgIpc) is 3.02.